The first kappa shape index (κ1) is 18.5. The zero-order chi connectivity index (χ0) is 17.4. The lowest BCUT2D eigenvalue weighted by Gasteiger charge is -2.21. The number of carbonyl (C=O) groups is 2. The maximum atomic E-state index is 11.8. The van der Waals surface area contributed by atoms with Crippen molar-refractivity contribution < 1.29 is 24.2 Å². The van der Waals surface area contributed by atoms with Crippen LogP contribution in [0.3, 0.4) is 0 Å². The average molecular weight is 321 g/mol. The normalized spacial score (nSPS) is 11.0. The molecule has 0 amide bonds. The van der Waals surface area contributed by atoms with E-state index in [0.29, 0.717) is 5.56 Å². The van der Waals surface area contributed by atoms with Gasteiger partial charge in [-0.2, -0.15) is 0 Å². The minimum atomic E-state index is -0.810. The van der Waals surface area contributed by atoms with Crippen molar-refractivity contribution in [2.45, 2.75) is 20.8 Å². The van der Waals surface area contributed by atoms with Crippen LogP contribution in [-0.2, 0) is 19.1 Å². The van der Waals surface area contributed by atoms with Crippen LogP contribution in [0.5, 0.6) is 5.75 Å². The largest absolute Gasteiger partial charge is 0.507 e. The molecule has 0 atom stereocenters. The molecule has 0 fully saturated rings. The summed E-state index contributed by atoms with van der Waals surface area (Å²) in [5.74, 6) is -1.62. The lowest BCUT2D eigenvalue weighted by molar-refractivity contribution is -0.145. The Labute approximate surface area is 136 Å². The molecule has 0 saturated heterocycles. The predicted molar refractivity (Wildman–Crippen MR) is 88.3 cm³/mol. The highest BCUT2D eigenvalue weighted by Gasteiger charge is 2.21. The number of esters is 2. The third kappa shape index (κ3) is 4.74. The molecule has 6 heteroatoms. The Hall–Kier alpha value is -2.50. The summed E-state index contributed by atoms with van der Waals surface area (Å²) in [6.45, 7) is 7.43. The summed E-state index contributed by atoms with van der Waals surface area (Å²) >= 11 is 0. The van der Waals surface area contributed by atoms with E-state index in [0.717, 1.165) is 18.8 Å². The molecular weight excluding hydrogens is 298 g/mol. The highest BCUT2D eigenvalue weighted by atomic mass is 16.5. The van der Waals surface area contributed by atoms with E-state index in [4.69, 9.17) is 4.74 Å². The fourth-order valence-corrected chi connectivity index (χ4v) is 2.12. The van der Waals surface area contributed by atoms with Crippen LogP contribution in [0, 0.1) is 0 Å². The standard InChI is InChI=1S/C17H23NO5/c1-5-18(6-2)13-9-8-12(15(19)11-13)10-14(16(20)22-4)17(21)23-7-3/h8-11,19H,5-7H2,1-4H3. The van der Waals surface area contributed by atoms with E-state index in [2.05, 4.69) is 9.64 Å². The number of benzene rings is 1. The predicted octanol–water partition coefficient (Wildman–Crippen LogP) is 2.36. The molecule has 0 aliphatic heterocycles. The third-order valence-corrected chi connectivity index (χ3v) is 3.34. The minimum Gasteiger partial charge on any atom is -0.507 e. The average Bonchev–Trinajstić information content (AvgIpc) is 2.54. The first-order chi connectivity index (χ1) is 11.0. The van der Waals surface area contributed by atoms with Gasteiger partial charge in [-0.15, -0.1) is 0 Å². The van der Waals surface area contributed by atoms with Gasteiger partial charge in [0.05, 0.1) is 13.7 Å². The Kier molecular flexibility index (Phi) is 7.12. The molecule has 0 heterocycles. The van der Waals surface area contributed by atoms with Gasteiger partial charge in [0.25, 0.3) is 0 Å². The van der Waals surface area contributed by atoms with Gasteiger partial charge in [0.1, 0.15) is 11.3 Å². The number of nitrogens with zero attached hydrogens (tertiary/aromatic N) is 1. The first-order valence-corrected chi connectivity index (χ1v) is 7.53. The van der Waals surface area contributed by atoms with Crippen LogP contribution in [-0.4, -0.2) is 43.9 Å². The van der Waals surface area contributed by atoms with Crippen LogP contribution in [0.4, 0.5) is 5.69 Å². The number of carbonyl (C=O) groups excluding carboxylic acids is 2. The molecule has 1 aromatic rings. The summed E-state index contributed by atoms with van der Waals surface area (Å²) in [4.78, 5) is 25.6. The van der Waals surface area contributed by atoms with E-state index >= 15 is 0 Å². The Bertz CT molecular complexity index is 591. The van der Waals surface area contributed by atoms with Gasteiger partial charge in [0.2, 0.25) is 0 Å². The molecule has 126 valence electrons. The number of hydrogen-bond donors (Lipinski definition) is 1. The van der Waals surface area contributed by atoms with Gasteiger partial charge in [-0.1, -0.05) is 0 Å². The van der Waals surface area contributed by atoms with Crippen molar-refractivity contribution in [2.24, 2.45) is 0 Å². The smallest absolute Gasteiger partial charge is 0.345 e. The lowest BCUT2D eigenvalue weighted by Crippen LogP contribution is -2.21. The molecule has 23 heavy (non-hydrogen) atoms. The van der Waals surface area contributed by atoms with Crippen LogP contribution >= 0.6 is 0 Å². The van der Waals surface area contributed by atoms with Gasteiger partial charge in [0, 0.05) is 30.4 Å². The molecule has 0 radical (unpaired) electrons. The Morgan fingerprint density at radius 3 is 2.30 bits per heavy atom. The maximum absolute atomic E-state index is 11.8. The summed E-state index contributed by atoms with van der Waals surface area (Å²) in [5, 5.41) is 10.2. The monoisotopic (exact) mass is 321 g/mol. The molecular formula is C17H23NO5. The van der Waals surface area contributed by atoms with Gasteiger partial charge < -0.3 is 19.5 Å². The maximum Gasteiger partial charge on any atom is 0.345 e. The SMILES string of the molecule is CCOC(=O)C(=Cc1ccc(N(CC)CC)cc1O)C(=O)OC. The highest BCUT2D eigenvalue weighted by molar-refractivity contribution is 6.17. The van der Waals surface area contributed by atoms with Gasteiger partial charge in [0.15, 0.2) is 0 Å². The Morgan fingerprint density at radius 1 is 1.17 bits per heavy atom. The number of ether oxygens (including phenoxy) is 2. The van der Waals surface area contributed by atoms with Crippen molar-refractivity contribution in [3.8, 4) is 5.75 Å². The molecule has 1 rings (SSSR count). The fourth-order valence-electron chi connectivity index (χ4n) is 2.12. The summed E-state index contributed by atoms with van der Waals surface area (Å²) < 4.78 is 9.43. The van der Waals surface area contributed by atoms with E-state index in [1.807, 2.05) is 19.9 Å². The van der Waals surface area contributed by atoms with Crippen LogP contribution < -0.4 is 4.90 Å². The Balaban J connectivity index is 3.21. The molecule has 0 aromatic heterocycles. The molecule has 6 nitrogen and oxygen atoms in total. The molecule has 1 aromatic carbocycles. The zero-order valence-corrected chi connectivity index (χ0v) is 14.0. The highest BCUT2D eigenvalue weighted by Crippen LogP contribution is 2.27. The molecule has 1 N–H and O–H groups in total. The number of phenols is 1. The number of phenolic OH excluding ortho intramolecular Hbond substituents is 1. The second-order valence-corrected chi connectivity index (χ2v) is 4.69. The number of anilines is 1. The van der Waals surface area contributed by atoms with Crippen molar-refractivity contribution in [2.75, 3.05) is 31.7 Å². The fraction of sp³-hybridized carbons (Fsp3) is 0.412. The zero-order valence-electron chi connectivity index (χ0n) is 14.0. The Morgan fingerprint density at radius 2 is 1.83 bits per heavy atom. The van der Waals surface area contributed by atoms with Crippen molar-refractivity contribution in [3.63, 3.8) is 0 Å². The van der Waals surface area contributed by atoms with E-state index in [9.17, 15) is 14.7 Å². The second kappa shape index (κ2) is 8.82. The van der Waals surface area contributed by atoms with Gasteiger partial charge in [-0.3, -0.25) is 0 Å². The van der Waals surface area contributed by atoms with Crippen molar-refractivity contribution >= 4 is 23.7 Å². The molecule has 0 spiro atoms. The van der Waals surface area contributed by atoms with Crippen LogP contribution in [0.25, 0.3) is 6.08 Å². The lowest BCUT2D eigenvalue weighted by atomic mass is 10.1. The van der Waals surface area contributed by atoms with E-state index in [-0.39, 0.29) is 17.9 Å². The van der Waals surface area contributed by atoms with E-state index < -0.39 is 11.9 Å². The van der Waals surface area contributed by atoms with Crippen LogP contribution in [0.2, 0.25) is 0 Å². The van der Waals surface area contributed by atoms with E-state index in [1.165, 1.54) is 13.2 Å². The molecule has 0 bridgehead atoms. The second-order valence-electron chi connectivity index (χ2n) is 4.69. The van der Waals surface area contributed by atoms with Crippen molar-refractivity contribution in [3.05, 3.63) is 29.3 Å². The van der Waals surface area contributed by atoms with Gasteiger partial charge in [-0.25, -0.2) is 9.59 Å². The van der Waals surface area contributed by atoms with Crippen molar-refractivity contribution in [1.82, 2.24) is 0 Å². The van der Waals surface area contributed by atoms with E-state index in [1.54, 1.807) is 19.1 Å². The summed E-state index contributed by atoms with van der Waals surface area (Å²) in [7, 11) is 1.18. The van der Waals surface area contributed by atoms with Crippen LogP contribution in [0.15, 0.2) is 23.8 Å². The number of rotatable bonds is 7. The third-order valence-electron chi connectivity index (χ3n) is 3.34. The van der Waals surface area contributed by atoms with Gasteiger partial charge >= 0.3 is 11.9 Å². The summed E-state index contributed by atoms with van der Waals surface area (Å²) in [6, 6.07) is 5.06. The molecule has 0 saturated carbocycles. The summed E-state index contributed by atoms with van der Waals surface area (Å²) in [5.41, 5.74) is 0.940. The minimum absolute atomic E-state index is 0.0277. The topological polar surface area (TPSA) is 76.1 Å². The number of hydrogen-bond acceptors (Lipinski definition) is 6. The quantitative estimate of drug-likeness (QED) is 0.359. The molecule has 0 aliphatic rings. The first-order valence-electron chi connectivity index (χ1n) is 7.53. The molecule has 0 aliphatic carbocycles. The summed E-state index contributed by atoms with van der Waals surface area (Å²) in [6.07, 6.45) is 1.27. The number of methoxy groups -OCH3 is 1. The van der Waals surface area contributed by atoms with Gasteiger partial charge in [-0.05, 0) is 39.0 Å². The van der Waals surface area contributed by atoms with Crippen LogP contribution in [0.1, 0.15) is 26.3 Å². The number of aromatic hydroxyl groups is 1. The molecule has 0 unspecified atom stereocenters. The van der Waals surface area contributed by atoms with Crippen molar-refractivity contribution in [1.29, 1.82) is 0 Å².